The molecule has 12 N–H and O–H groups in total. The van der Waals surface area contributed by atoms with Crippen LogP contribution in [0.4, 0.5) is 0 Å². The minimum Gasteiger partial charge on any atom is -0.497 e. The van der Waals surface area contributed by atoms with Crippen LogP contribution in [0, 0.1) is 0 Å². The Morgan fingerprint density at radius 2 is 0.680 bits per heavy atom. The molecule has 9 atom stereocenters. The number of hydrogen-bond donors (Lipinski definition) is 9. The van der Waals surface area contributed by atoms with Gasteiger partial charge in [-0.05, 0) is 179 Å². The van der Waals surface area contributed by atoms with Gasteiger partial charge in [-0.15, -0.1) is 0 Å². The summed E-state index contributed by atoms with van der Waals surface area (Å²) in [7, 11) is 7.26. The van der Waals surface area contributed by atoms with Crippen molar-refractivity contribution in [3.8, 4) is 17.2 Å². The fourth-order valence-corrected chi connectivity index (χ4v) is 15.5. The SMILES string of the molecule is CCOC(=O)CN[C@H](CCC(=O)N1CCCCC1)C(=O)N(Cc1cccc(OC)c1)C[C@@H](O)[C@@H](N)Cc1ccccc1.COC(=O)CCCC(=O)N[C@H](CCC(=O)N1CCCCC1)C(=O)N(Cc1cccc(OC)c1)C[C@@H](O)[C@@H](N)Cc1ccccc1.COC(=O)CN[C@@H](CCC(=O)N1CCCCC1)C(=O)N(Cc1cccc(OC)c1)C[C@@H](O)[C@@H](N)Cc1ccccc1. The van der Waals surface area contributed by atoms with Crippen molar-refractivity contribution in [1.29, 1.82) is 0 Å². The van der Waals surface area contributed by atoms with E-state index in [0.717, 1.165) is 117 Å². The molecule has 6 aromatic rings. The van der Waals surface area contributed by atoms with Gasteiger partial charge < -0.3 is 95.7 Å². The van der Waals surface area contributed by atoms with E-state index in [2.05, 4.69) is 20.7 Å². The molecule has 128 heavy (non-hydrogen) atoms. The molecule has 3 saturated heterocycles. The molecule has 0 aromatic heterocycles. The van der Waals surface area contributed by atoms with Crippen molar-refractivity contribution >= 4 is 59.3 Å². The molecule has 0 unspecified atom stereocenters. The number of likely N-dealkylation sites (tertiary alicyclic amines) is 3. The number of carbonyl (C=O) groups excluding carboxylic acids is 10. The third kappa shape index (κ3) is 37.8. The number of methoxy groups -OCH3 is 5. The first-order valence-corrected chi connectivity index (χ1v) is 44.9. The molecule has 31 nitrogen and oxygen atoms in total. The van der Waals surface area contributed by atoms with Crippen molar-refractivity contribution in [2.24, 2.45) is 17.2 Å². The lowest BCUT2D eigenvalue weighted by Gasteiger charge is -2.32. The van der Waals surface area contributed by atoms with Crippen LogP contribution in [0.25, 0.3) is 0 Å². The number of carbonyl (C=O) groups is 10. The largest absolute Gasteiger partial charge is 0.497 e. The molecule has 3 aliphatic heterocycles. The first kappa shape index (κ1) is 104. The van der Waals surface area contributed by atoms with Crippen LogP contribution in [0.3, 0.4) is 0 Å². The molecule has 6 aromatic carbocycles. The van der Waals surface area contributed by atoms with Crippen molar-refractivity contribution in [3.63, 3.8) is 0 Å². The molecule has 0 aliphatic carbocycles. The number of rotatable bonds is 48. The summed E-state index contributed by atoms with van der Waals surface area (Å²) in [5.74, 6) is -1.12. The van der Waals surface area contributed by atoms with Gasteiger partial charge in [0.15, 0.2) is 0 Å². The molecule has 9 rings (SSSR count). The van der Waals surface area contributed by atoms with E-state index >= 15 is 0 Å². The number of ether oxygens (including phenoxy) is 6. The Labute approximate surface area is 754 Å². The van der Waals surface area contributed by atoms with Gasteiger partial charge in [0.05, 0.1) is 85.6 Å². The van der Waals surface area contributed by atoms with E-state index in [1.54, 1.807) is 45.3 Å². The van der Waals surface area contributed by atoms with E-state index in [1.165, 1.54) is 24.0 Å². The van der Waals surface area contributed by atoms with Crippen molar-refractivity contribution in [3.05, 3.63) is 197 Å². The van der Waals surface area contributed by atoms with Crippen LogP contribution in [0.2, 0.25) is 0 Å². The second kappa shape index (κ2) is 57.8. The number of hydrogen-bond acceptors (Lipinski definition) is 24. The molecule has 3 aliphatic rings. The van der Waals surface area contributed by atoms with Crippen LogP contribution < -0.4 is 47.4 Å². The van der Waals surface area contributed by atoms with Gasteiger partial charge >= 0.3 is 17.9 Å². The smallest absolute Gasteiger partial charge is 0.319 e. The first-order chi connectivity index (χ1) is 61.8. The molecule has 0 saturated carbocycles. The highest BCUT2D eigenvalue weighted by Crippen LogP contribution is 2.24. The second-order valence-electron chi connectivity index (χ2n) is 32.7. The Hall–Kier alpha value is -10.9. The summed E-state index contributed by atoms with van der Waals surface area (Å²) in [4.78, 5) is 140. The minimum absolute atomic E-state index is 0.00491. The van der Waals surface area contributed by atoms with Crippen LogP contribution in [-0.4, -0.2) is 273 Å². The molecule has 0 bridgehead atoms. The third-order valence-corrected chi connectivity index (χ3v) is 22.9. The Morgan fingerprint density at radius 3 is 0.992 bits per heavy atom. The monoisotopic (exact) mass is 1780 g/mol. The minimum atomic E-state index is -1.06. The van der Waals surface area contributed by atoms with Crippen molar-refractivity contribution in [2.45, 2.75) is 216 Å². The van der Waals surface area contributed by atoms with Gasteiger partial charge in [0.2, 0.25) is 41.4 Å². The number of esters is 3. The Kier molecular flexibility index (Phi) is 47.1. The van der Waals surface area contributed by atoms with Gasteiger partial charge in [-0.25, -0.2) is 0 Å². The fraction of sp³-hybridized carbons (Fsp3) is 0.526. The van der Waals surface area contributed by atoms with Gasteiger partial charge in [-0.2, -0.15) is 0 Å². The maximum absolute atomic E-state index is 14.2. The summed E-state index contributed by atoms with van der Waals surface area (Å²) < 4.78 is 30.5. The number of nitrogens with zero attached hydrogens (tertiary/aromatic N) is 6. The summed E-state index contributed by atoms with van der Waals surface area (Å²) in [5.41, 5.74) is 24.5. The van der Waals surface area contributed by atoms with E-state index in [-0.39, 0.29) is 146 Å². The maximum atomic E-state index is 14.2. The number of aliphatic hydroxyl groups excluding tert-OH is 3. The van der Waals surface area contributed by atoms with Crippen molar-refractivity contribution < 1.29 is 91.7 Å². The Bertz CT molecular complexity index is 4330. The highest BCUT2D eigenvalue weighted by molar-refractivity contribution is 5.89. The van der Waals surface area contributed by atoms with Crippen molar-refractivity contribution in [2.75, 3.05) is 114 Å². The summed E-state index contributed by atoms with van der Waals surface area (Å²) in [6, 6.07) is 46.2. The van der Waals surface area contributed by atoms with Crippen LogP contribution in [0.5, 0.6) is 17.2 Å². The van der Waals surface area contributed by atoms with E-state index in [1.807, 2.05) is 166 Å². The molecule has 0 radical (unpaired) electrons. The third-order valence-electron chi connectivity index (χ3n) is 22.9. The standard InChI is InChI=1S/C34H48N4O7.C32H46N4O6.C31H44N4O6/c1-44-27-14-9-13-26(21-27)23-38(24-30(39)28(35)22-25-11-5-3-6-12-25)34(43)29(36-31(40)15-10-16-33(42)45-2)17-18-32(41)37-19-7-4-8-20-37;1-3-42-31(39)21-34-28(15-16-30(38)35-17-8-5-9-18-35)32(40)36(22-25-13-10-14-26(19-25)41-2)23-29(37)27(33)20-24-11-6-4-7-12-24;1-40-25-13-9-12-24(18-25)21-35(22-28(36)26(32)19-23-10-5-3-6-11-23)31(39)27(33-20-30(38)41-2)14-15-29(37)34-16-7-4-8-17-34/h3,5-6,9,11-14,21,28-30,39H,4,7-8,10,15-20,22-24,35H2,1-2H3,(H,36,40);4,6-7,10-14,19,27-29,34,37H,3,5,8-9,15-18,20-23,33H2,1-2H3;3,5-6,9-13,18,26-28,33,36H,4,7-8,14-17,19-22,32H2,1-2H3/t28-,29+,30+;27-,28+,29+;26-,27-,28+/m000/s1. The van der Waals surface area contributed by atoms with Crippen LogP contribution in [0.1, 0.15) is 156 Å². The van der Waals surface area contributed by atoms with E-state index in [9.17, 15) is 63.3 Å². The number of benzene rings is 6. The van der Waals surface area contributed by atoms with Gasteiger partial charge in [-0.1, -0.05) is 127 Å². The molecule has 7 amide bonds. The summed E-state index contributed by atoms with van der Waals surface area (Å²) in [6.07, 6.45) is 8.56. The van der Waals surface area contributed by atoms with Crippen LogP contribution >= 0.6 is 0 Å². The highest BCUT2D eigenvalue weighted by atomic mass is 16.5. The van der Waals surface area contributed by atoms with Crippen LogP contribution in [0.15, 0.2) is 164 Å². The normalized spacial score (nSPS) is 15.3. The first-order valence-electron chi connectivity index (χ1n) is 44.9. The predicted octanol–water partition coefficient (Wildman–Crippen LogP) is 6.72. The summed E-state index contributed by atoms with van der Waals surface area (Å²) in [6.45, 7) is 6.19. The van der Waals surface area contributed by atoms with Crippen molar-refractivity contribution in [1.82, 2.24) is 45.3 Å². The molecule has 3 heterocycles. The van der Waals surface area contributed by atoms with E-state index in [0.29, 0.717) is 49.6 Å². The quantitative estimate of drug-likeness (QED) is 0.0141. The molecule has 31 heteroatoms. The van der Waals surface area contributed by atoms with Crippen LogP contribution in [-0.2, 0) is 101 Å². The van der Waals surface area contributed by atoms with Gasteiger partial charge in [0.1, 0.15) is 23.3 Å². The number of piperidine rings is 3. The summed E-state index contributed by atoms with van der Waals surface area (Å²) in [5, 5.41) is 42.2. The Morgan fingerprint density at radius 1 is 0.375 bits per heavy atom. The lowest BCUT2D eigenvalue weighted by atomic mass is 10.0. The molecular formula is C97H138N12O19. The van der Waals surface area contributed by atoms with Gasteiger partial charge in [0.25, 0.3) is 0 Å². The zero-order chi connectivity index (χ0) is 92.5. The number of nitrogens with one attached hydrogen (secondary N) is 3. The lowest BCUT2D eigenvalue weighted by molar-refractivity contribution is -0.143. The lowest BCUT2D eigenvalue weighted by Crippen LogP contribution is -2.53. The number of aliphatic hydroxyl groups is 3. The average Bonchev–Trinajstić information content (AvgIpc) is 0.845. The van der Waals surface area contributed by atoms with Gasteiger partial charge in [0, 0.05) is 129 Å². The molecule has 0 spiro atoms. The molecule has 3 fully saturated rings. The number of amides is 7. The second-order valence-corrected chi connectivity index (χ2v) is 32.7. The summed E-state index contributed by atoms with van der Waals surface area (Å²) >= 11 is 0. The highest BCUT2D eigenvalue weighted by Gasteiger charge is 2.35. The topological polar surface area (TPSA) is 420 Å². The zero-order valence-corrected chi connectivity index (χ0v) is 75.5. The molecule has 700 valence electrons. The average molecular weight is 1780 g/mol. The zero-order valence-electron chi connectivity index (χ0n) is 75.5. The predicted molar refractivity (Wildman–Crippen MR) is 487 cm³/mol. The van der Waals surface area contributed by atoms with E-state index in [4.69, 9.17) is 40.9 Å². The number of nitrogens with two attached hydrogens (primary N) is 3. The van der Waals surface area contributed by atoms with E-state index < -0.39 is 84.3 Å². The molecular weight excluding hydrogens is 1640 g/mol. The fourth-order valence-electron chi connectivity index (χ4n) is 15.5. The van der Waals surface area contributed by atoms with Gasteiger partial charge in [-0.3, -0.25) is 58.6 Å². The maximum Gasteiger partial charge on any atom is 0.319 e. The Balaban J connectivity index is 0.000000263.